The van der Waals surface area contributed by atoms with E-state index >= 15 is 0 Å². The Morgan fingerprint density at radius 3 is 2.32 bits per heavy atom. The SMILES string of the molecule is CCC(CC)C(=O)N1CCC(NC(=NC)NCC2(N(C)C)CCOCC2)CC1. The standard InChI is InChI=1S/C21H41N5O2/c1-6-17(7-2)19(27)26-12-8-18(9-13-26)24-20(22-3)23-16-21(25(4)5)10-14-28-15-11-21/h17-18H,6-16H2,1-5H3,(H2,22,23,24). The van der Waals surface area contributed by atoms with Crippen molar-refractivity contribution in [1.29, 1.82) is 0 Å². The Bertz CT molecular complexity index is 505. The summed E-state index contributed by atoms with van der Waals surface area (Å²) in [4.78, 5) is 21.4. The summed E-state index contributed by atoms with van der Waals surface area (Å²) >= 11 is 0. The van der Waals surface area contributed by atoms with Crippen LogP contribution >= 0.6 is 0 Å². The third kappa shape index (κ3) is 5.83. The molecule has 2 fully saturated rings. The van der Waals surface area contributed by atoms with E-state index in [1.807, 2.05) is 7.05 Å². The zero-order valence-electron chi connectivity index (χ0n) is 18.6. The number of rotatable bonds is 7. The predicted octanol–water partition coefficient (Wildman–Crippen LogP) is 1.69. The summed E-state index contributed by atoms with van der Waals surface area (Å²) in [6, 6.07) is 0.363. The first-order valence-corrected chi connectivity index (χ1v) is 11.0. The first kappa shape index (κ1) is 22.9. The molecule has 0 atom stereocenters. The van der Waals surface area contributed by atoms with Crippen LogP contribution in [0.15, 0.2) is 4.99 Å². The summed E-state index contributed by atoms with van der Waals surface area (Å²) in [5.74, 6) is 1.37. The number of aliphatic imine (C=N–C) groups is 1. The lowest BCUT2D eigenvalue weighted by molar-refractivity contribution is -0.136. The van der Waals surface area contributed by atoms with E-state index in [1.165, 1.54) is 0 Å². The monoisotopic (exact) mass is 395 g/mol. The number of likely N-dealkylation sites (N-methyl/N-ethyl adjacent to an activating group) is 1. The number of piperidine rings is 1. The molecule has 0 radical (unpaired) electrons. The molecule has 2 N–H and O–H groups in total. The van der Waals surface area contributed by atoms with Crippen LogP contribution in [0.25, 0.3) is 0 Å². The molecule has 0 unspecified atom stereocenters. The zero-order valence-corrected chi connectivity index (χ0v) is 18.6. The smallest absolute Gasteiger partial charge is 0.225 e. The lowest BCUT2D eigenvalue weighted by atomic mass is 9.88. The van der Waals surface area contributed by atoms with Gasteiger partial charge in [-0.25, -0.2) is 0 Å². The van der Waals surface area contributed by atoms with E-state index in [-0.39, 0.29) is 11.5 Å². The second-order valence-corrected chi connectivity index (χ2v) is 8.41. The van der Waals surface area contributed by atoms with E-state index in [9.17, 15) is 4.79 Å². The van der Waals surface area contributed by atoms with Crippen LogP contribution in [0.3, 0.4) is 0 Å². The average molecular weight is 396 g/mol. The molecular formula is C21H41N5O2. The van der Waals surface area contributed by atoms with Crippen LogP contribution in [0.5, 0.6) is 0 Å². The highest BCUT2D eigenvalue weighted by molar-refractivity contribution is 5.80. The topological polar surface area (TPSA) is 69.2 Å². The molecule has 0 spiro atoms. The number of amides is 1. The Labute approximate surface area is 171 Å². The number of likely N-dealkylation sites (tertiary alicyclic amines) is 1. The Morgan fingerprint density at radius 1 is 1.21 bits per heavy atom. The van der Waals surface area contributed by atoms with Crippen molar-refractivity contribution in [1.82, 2.24) is 20.4 Å². The molecule has 7 nitrogen and oxygen atoms in total. The van der Waals surface area contributed by atoms with Gasteiger partial charge in [-0.1, -0.05) is 13.8 Å². The number of ether oxygens (including phenoxy) is 1. The Balaban J connectivity index is 1.82. The van der Waals surface area contributed by atoms with Crippen LogP contribution in [0, 0.1) is 5.92 Å². The lowest BCUT2D eigenvalue weighted by Crippen LogP contribution is -2.58. The minimum atomic E-state index is 0.112. The third-order valence-electron chi connectivity index (χ3n) is 6.66. The van der Waals surface area contributed by atoms with Gasteiger partial charge in [-0.05, 0) is 52.6 Å². The molecule has 28 heavy (non-hydrogen) atoms. The molecule has 0 saturated carbocycles. The van der Waals surface area contributed by atoms with Crippen molar-refractivity contribution in [2.24, 2.45) is 10.9 Å². The summed E-state index contributed by atoms with van der Waals surface area (Å²) in [6.07, 6.45) is 5.87. The lowest BCUT2D eigenvalue weighted by Gasteiger charge is -2.43. The second-order valence-electron chi connectivity index (χ2n) is 8.41. The van der Waals surface area contributed by atoms with Gasteiger partial charge >= 0.3 is 0 Å². The number of nitrogens with zero attached hydrogens (tertiary/aromatic N) is 3. The molecule has 0 aliphatic carbocycles. The fourth-order valence-electron chi connectivity index (χ4n) is 4.31. The molecule has 2 heterocycles. The number of carbonyl (C=O) groups is 1. The number of carbonyl (C=O) groups excluding carboxylic acids is 1. The van der Waals surface area contributed by atoms with E-state index < -0.39 is 0 Å². The quantitative estimate of drug-likeness (QED) is 0.507. The van der Waals surface area contributed by atoms with Gasteiger partial charge in [0.25, 0.3) is 0 Å². The highest BCUT2D eigenvalue weighted by Gasteiger charge is 2.35. The van der Waals surface area contributed by atoms with E-state index in [1.54, 1.807) is 0 Å². The van der Waals surface area contributed by atoms with Crippen molar-refractivity contribution in [3.05, 3.63) is 0 Å². The van der Waals surface area contributed by atoms with Gasteiger partial charge < -0.3 is 25.2 Å². The summed E-state index contributed by atoms with van der Waals surface area (Å²) in [5.41, 5.74) is 0.112. The largest absolute Gasteiger partial charge is 0.381 e. The third-order valence-corrected chi connectivity index (χ3v) is 6.66. The second kappa shape index (κ2) is 11.0. The Hall–Kier alpha value is -1.34. The maximum absolute atomic E-state index is 12.6. The molecule has 0 aromatic rings. The number of hydrogen-bond acceptors (Lipinski definition) is 4. The van der Waals surface area contributed by atoms with Crippen molar-refractivity contribution in [3.63, 3.8) is 0 Å². The maximum Gasteiger partial charge on any atom is 0.225 e. The van der Waals surface area contributed by atoms with E-state index in [0.717, 1.165) is 77.3 Å². The molecule has 0 bridgehead atoms. The fourth-order valence-corrected chi connectivity index (χ4v) is 4.31. The molecule has 1 amide bonds. The van der Waals surface area contributed by atoms with Crippen LogP contribution in [0.4, 0.5) is 0 Å². The highest BCUT2D eigenvalue weighted by Crippen LogP contribution is 2.25. The van der Waals surface area contributed by atoms with Gasteiger partial charge in [-0.15, -0.1) is 0 Å². The minimum Gasteiger partial charge on any atom is -0.381 e. The molecule has 2 rings (SSSR count). The van der Waals surface area contributed by atoms with Crippen molar-refractivity contribution in [2.45, 2.75) is 64.0 Å². The number of hydrogen-bond donors (Lipinski definition) is 2. The van der Waals surface area contributed by atoms with Gasteiger partial charge in [0.1, 0.15) is 0 Å². The first-order chi connectivity index (χ1) is 13.5. The zero-order chi connectivity index (χ0) is 20.6. The van der Waals surface area contributed by atoms with Gasteiger partial charge in [0.15, 0.2) is 5.96 Å². The molecular weight excluding hydrogens is 354 g/mol. The molecule has 0 aromatic heterocycles. The first-order valence-electron chi connectivity index (χ1n) is 11.0. The number of guanidine groups is 1. The summed E-state index contributed by atoms with van der Waals surface area (Å²) < 4.78 is 5.56. The van der Waals surface area contributed by atoms with Gasteiger partial charge in [0, 0.05) is 57.4 Å². The average Bonchev–Trinajstić information content (AvgIpc) is 2.73. The molecule has 2 saturated heterocycles. The van der Waals surface area contributed by atoms with E-state index in [4.69, 9.17) is 4.74 Å². The van der Waals surface area contributed by atoms with Crippen LogP contribution in [-0.2, 0) is 9.53 Å². The normalized spacial score (nSPS) is 21.2. The fraction of sp³-hybridized carbons (Fsp3) is 0.905. The highest BCUT2D eigenvalue weighted by atomic mass is 16.5. The van der Waals surface area contributed by atoms with Crippen LogP contribution in [0.1, 0.15) is 52.4 Å². The minimum absolute atomic E-state index is 0.112. The Morgan fingerprint density at radius 2 is 1.82 bits per heavy atom. The summed E-state index contributed by atoms with van der Waals surface area (Å²) in [6.45, 7) is 8.37. The van der Waals surface area contributed by atoms with Crippen molar-refractivity contribution in [2.75, 3.05) is 54.0 Å². The summed E-state index contributed by atoms with van der Waals surface area (Å²) in [5, 5.41) is 7.11. The maximum atomic E-state index is 12.6. The predicted molar refractivity (Wildman–Crippen MR) is 115 cm³/mol. The molecule has 0 aromatic carbocycles. The van der Waals surface area contributed by atoms with E-state index in [0.29, 0.717) is 11.9 Å². The molecule has 2 aliphatic heterocycles. The molecule has 2 aliphatic rings. The van der Waals surface area contributed by atoms with Gasteiger partial charge in [0.2, 0.25) is 5.91 Å². The van der Waals surface area contributed by atoms with Gasteiger partial charge in [-0.2, -0.15) is 0 Å². The van der Waals surface area contributed by atoms with E-state index in [2.05, 4.69) is 53.4 Å². The molecule has 7 heteroatoms. The van der Waals surface area contributed by atoms with Gasteiger partial charge in [-0.3, -0.25) is 9.79 Å². The van der Waals surface area contributed by atoms with Crippen LogP contribution in [0.2, 0.25) is 0 Å². The van der Waals surface area contributed by atoms with Crippen LogP contribution < -0.4 is 10.6 Å². The van der Waals surface area contributed by atoms with Crippen molar-refractivity contribution < 1.29 is 9.53 Å². The van der Waals surface area contributed by atoms with Crippen LogP contribution in [-0.4, -0.2) is 87.2 Å². The Kier molecular flexibility index (Phi) is 9.02. The molecule has 162 valence electrons. The van der Waals surface area contributed by atoms with Gasteiger partial charge in [0.05, 0.1) is 0 Å². The van der Waals surface area contributed by atoms with Crippen molar-refractivity contribution in [3.8, 4) is 0 Å². The van der Waals surface area contributed by atoms with Crippen molar-refractivity contribution >= 4 is 11.9 Å². The number of nitrogens with one attached hydrogen (secondary N) is 2. The summed E-state index contributed by atoms with van der Waals surface area (Å²) in [7, 11) is 6.12.